The molecule has 1 atom stereocenters. The van der Waals surface area contributed by atoms with Crippen LogP contribution in [0, 0.1) is 11.8 Å². The molecule has 0 spiro atoms. The largest absolute Gasteiger partial charge is 0.297 e. The third kappa shape index (κ3) is 2.54. The molecule has 2 aliphatic rings. The van der Waals surface area contributed by atoms with Gasteiger partial charge < -0.3 is 0 Å². The molecule has 0 aromatic heterocycles. The van der Waals surface area contributed by atoms with Gasteiger partial charge in [-0.1, -0.05) is 19.3 Å². The van der Waals surface area contributed by atoms with E-state index in [0.29, 0.717) is 5.92 Å². The van der Waals surface area contributed by atoms with E-state index < -0.39 is 0 Å². The van der Waals surface area contributed by atoms with Gasteiger partial charge in [-0.3, -0.25) is 4.79 Å². The fourth-order valence-electron chi connectivity index (χ4n) is 2.52. The molecular weight excluding hydrogens is 190 g/mol. The molecular formula is C12H17NO2. The second-order valence-electron chi connectivity index (χ2n) is 4.74. The molecule has 82 valence electrons. The van der Waals surface area contributed by atoms with Crippen molar-refractivity contribution >= 4 is 11.9 Å². The number of aliphatic imine (C=N–C) groups is 1. The molecule has 0 amide bonds. The van der Waals surface area contributed by atoms with Crippen LogP contribution in [0.4, 0.5) is 0 Å². The summed E-state index contributed by atoms with van der Waals surface area (Å²) in [7, 11) is 0. The number of carbonyl (C=O) groups excluding carboxylic acids is 2. The monoisotopic (exact) mass is 207 g/mol. The third-order valence-corrected chi connectivity index (χ3v) is 3.56. The van der Waals surface area contributed by atoms with E-state index in [2.05, 4.69) is 4.99 Å². The van der Waals surface area contributed by atoms with Crippen LogP contribution in [0.3, 0.4) is 0 Å². The Morgan fingerprint density at radius 2 is 1.80 bits per heavy atom. The van der Waals surface area contributed by atoms with E-state index in [0.717, 1.165) is 25.7 Å². The van der Waals surface area contributed by atoms with Crippen molar-refractivity contribution < 1.29 is 9.59 Å². The highest BCUT2D eigenvalue weighted by atomic mass is 16.1. The Morgan fingerprint density at radius 3 is 2.33 bits per heavy atom. The second kappa shape index (κ2) is 4.71. The summed E-state index contributed by atoms with van der Waals surface area (Å²) in [6.45, 7) is 0. The quantitative estimate of drug-likeness (QED) is 0.524. The molecule has 1 unspecified atom stereocenters. The lowest BCUT2D eigenvalue weighted by Gasteiger charge is -2.25. The summed E-state index contributed by atoms with van der Waals surface area (Å²) in [5, 5.41) is 0. The van der Waals surface area contributed by atoms with Crippen LogP contribution in [0.1, 0.15) is 44.9 Å². The molecule has 15 heavy (non-hydrogen) atoms. The van der Waals surface area contributed by atoms with Gasteiger partial charge in [-0.05, 0) is 31.6 Å². The first-order chi connectivity index (χ1) is 7.33. The Kier molecular flexibility index (Phi) is 3.32. The molecule has 0 aromatic carbocycles. The van der Waals surface area contributed by atoms with E-state index in [1.807, 2.05) is 0 Å². The van der Waals surface area contributed by atoms with Crippen molar-refractivity contribution in [1.82, 2.24) is 0 Å². The Labute approximate surface area is 90.0 Å². The zero-order valence-electron chi connectivity index (χ0n) is 8.95. The summed E-state index contributed by atoms with van der Waals surface area (Å²) in [5.41, 5.74) is 0. The summed E-state index contributed by atoms with van der Waals surface area (Å²) < 4.78 is 0. The van der Waals surface area contributed by atoms with Gasteiger partial charge in [-0.2, -0.15) is 4.99 Å². The molecule has 0 saturated heterocycles. The van der Waals surface area contributed by atoms with Crippen LogP contribution in [0.5, 0.6) is 0 Å². The van der Waals surface area contributed by atoms with Crippen molar-refractivity contribution in [2.75, 3.05) is 0 Å². The van der Waals surface area contributed by atoms with Crippen LogP contribution in [0.2, 0.25) is 0 Å². The summed E-state index contributed by atoms with van der Waals surface area (Å²) in [4.78, 5) is 26.0. The van der Waals surface area contributed by atoms with Gasteiger partial charge in [0.2, 0.25) is 6.08 Å². The molecule has 0 heterocycles. The van der Waals surface area contributed by atoms with Crippen LogP contribution in [-0.2, 0) is 9.59 Å². The molecule has 0 bridgehead atoms. The predicted molar refractivity (Wildman–Crippen MR) is 56.2 cm³/mol. The molecule has 2 aliphatic carbocycles. The molecule has 2 saturated carbocycles. The normalized spacial score (nSPS) is 24.3. The van der Waals surface area contributed by atoms with E-state index in [4.69, 9.17) is 0 Å². The van der Waals surface area contributed by atoms with Crippen LogP contribution < -0.4 is 0 Å². The Morgan fingerprint density at radius 1 is 1.13 bits per heavy atom. The van der Waals surface area contributed by atoms with Gasteiger partial charge in [0, 0.05) is 5.92 Å². The van der Waals surface area contributed by atoms with Crippen LogP contribution in [0.25, 0.3) is 0 Å². The van der Waals surface area contributed by atoms with Gasteiger partial charge in [-0.15, -0.1) is 0 Å². The van der Waals surface area contributed by atoms with Gasteiger partial charge in [-0.25, -0.2) is 4.79 Å². The average Bonchev–Trinajstić information content (AvgIpc) is 3.10. The lowest BCUT2D eigenvalue weighted by Crippen LogP contribution is -2.30. The molecule has 0 aromatic rings. The molecule has 0 aliphatic heterocycles. The zero-order valence-corrected chi connectivity index (χ0v) is 8.95. The minimum absolute atomic E-state index is 0.199. The molecule has 2 fully saturated rings. The zero-order chi connectivity index (χ0) is 10.7. The van der Waals surface area contributed by atoms with Gasteiger partial charge >= 0.3 is 0 Å². The topological polar surface area (TPSA) is 46.5 Å². The highest BCUT2D eigenvalue weighted by Gasteiger charge is 2.38. The second-order valence-corrected chi connectivity index (χ2v) is 4.74. The number of hydrogen-bond donors (Lipinski definition) is 0. The maximum Gasteiger partial charge on any atom is 0.235 e. The summed E-state index contributed by atoms with van der Waals surface area (Å²) in [5.74, 6) is 0.715. The number of Topliss-reactive ketones (excluding diaryl/α,β-unsaturated/α-hetero) is 1. The highest BCUT2D eigenvalue weighted by molar-refractivity contribution is 5.89. The standard InChI is InChI=1S/C12H17NO2/c14-8-13-11(12(15)10-6-7-10)9-4-2-1-3-5-9/h9-11H,1-7H2. The van der Waals surface area contributed by atoms with Gasteiger partial charge in [0.15, 0.2) is 5.78 Å². The SMILES string of the molecule is O=C=NC(C(=O)C1CC1)C1CCCCC1. The minimum Gasteiger partial charge on any atom is -0.297 e. The highest BCUT2D eigenvalue weighted by Crippen LogP contribution is 2.36. The Bertz CT molecular complexity index is 284. The maximum absolute atomic E-state index is 11.9. The maximum atomic E-state index is 11.9. The van der Waals surface area contributed by atoms with Crippen molar-refractivity contribution in [3.05, 3.63) is 0 Å². The smallest absolute Gasteiger partial charge is 0.235 e. The van der Waals surface area contributed by atoms with E-state index >= 15 is 0 Å². The molecule has 0 radical (unpaired) electrons. The lowest BCUT2D eigenvalue weighted by molar-refractivity contribution is -0.122. The van der Waals surface area contributed by atoms with Crippen LogP contribution in [-0.4, -0.2) is 17.9 Å². The van der Waals surface area contributed by atoms with E-state index in [1.165, 1.54) is 19.3 Å². The molecule has 3 nitrogen and oxygen atoms in total. The number of rotatable bonds is 4. The van der Waals surface area contributed by atoms with Gasteiger partial charge in [0.25, 0.3) is 0 Å². The fraction of sp³-hybridized carbons (Fsp3) is 0.833. The summed E-state index contributed by atoms with van der Waals surface area (Å²) in [6, 6.07) is -0.365. The number of hydrogen-bond acceptors (Lipinski definition) is 3. The molecule has 2 rings (SSSR count). The van der Waals surface area contributed by atoms with Crippen molar-refractivity contribution in [2.45, 2.75) is 51.0 Å². The van der Waals surface area contributed by atoms with Crippen molar-refractivity contribution in [3.63, 3.8) is 0 Å². The lowest BCUT2D eigenvalue weighted by atomic mass is 9.82. The average molecular weight is 207 g/mol. The van der Waals surface area contributed by atoms with E-state index in [-0.39, 0.29) is 17.7 Å². The third-order valence-electron chi connectivity index (χ3n) is 3.56. The number of ketones is 1. The number of carbonyl (C=O) groups is 1. The van der Waals surface area contributed by atoms with Crippen molar-refractivity contribution in [3.8, 4) is 0 Å². The van der Waals surface area contributed by atoms with Crippen LogP contribution >= 0.6 is 0 Å². The van der Waals surface area contributed by atoms with E-state index in [9.17, 15) is 9.59 Å². The van der Waals surface area contributed by atoms with Gasteiger partial charge in [0.05, 0.1) is 0 Å². The first-order valence-corrected chi connectivity index (χ1v) is 5.93. The van der Waals surface area contributed by atoms with Gasteiger partial charge in [0.1, 0.15) is 6.04 Å². The minimum atomic E-state index is -0.365. The Hall–Kier alpha value is -0.950. The van der Waals surface area contributed by atoms with E-state index in [1.54, 1.807) is 6.08 Å². The van der Waals surface area contributed by atoms with Crippen LogP contribution in [0.15, 0.2) is 4.99 Å². The summed E-state index contributed by atoms with van der Waals surface area (Å²) in [6.07, 6.45) is 9.28. The summed E-state index contributed by atoms with van der Waals surface area (Å²) >= 11 is 0. The first-order valence-electron chi connectivity index (χ1n) is 5.93. The molecule has 3 heteroatoms. The first kappa shape index (κ1) is 10.6. The van der Waals surface area contributed by atoms with Crippen molar-refractivity contribution in [2.24, 2.45) is 16.8 Å². The Balaban J connectivity index is 2.03. The number of nitrogens with zero attached hydrogens (tertiary/aromatic N) is 1. The molecule has 0 N–H and O–H groups in total. The number of isocyanates is 1. The fourth-order valence-corrected chi connectivity index (χ4v) is 2.52. The predicted octanol–water partition coefficient (Wildman–Crippen LogP) is 2.25. The van der Waals surface area contributed by atoms with Crippen molar-refractivity contribution in [1.29, 1.82) is 0 Å².